The first-order chi connectivity index (χ1) is 16.0. The second-order valence-electron chi connectivity index (χ2n) is 8.63. The van der Waals surface area contributed by atoms with Gasteiger partial charge in [-0.1, -0.05) is 0 Å². The van der Waals surface area contributed by atoms with Gasteiger partial charge in [0.05, 0.1) is 18.3 Å². The summed E-state index contributed by atoms with van der Waals surface area (Å²) >= 11 is 0. The highest BCUT2D eigenvalue weighted by Gasteiger charge is 2.34. The van der Waals surface area contributed by atoms with Gasteiger partial charge in [-0.15, -0.1) is 0 Å². The Morgan fingerprint density at radius 1 is 1.09 bits per heavy atom. The normalized spacial score (nSPS) is 17.4. The van der Waals surface area contributed by atoms with Crippen LogP contribution in [0.15, 0.2) is 42.7 Å². The molecule has 0 bridgehead atoms. The minimum atomic E-state index is 0.163. The van der Waals surface area contributed by atoms with Crippen molar-refractivity contribution in [3.8, 4) is 16.9 Å². The van der Waals surface area contributed by atoms with Gasteiger partial charge in [0.25, 0.3) is 0 Å². The Balaban J connectivity index is 1.39. The summed E-state index contributed by atoms with van der Waals surface area (Å²) in [5.74, 6) is 3.36. The lowest BCUT2D eigenvalue weighted by Gasteiger charge is -2.27. The minimum absolute atomic E-state index is 0.163. The second-order valence-corrected chi connectivity index (χ2v) is 8.63. The molecule has 0 saturated heterocycles. The van der Waals surface area contributed by atoms with Crippen molar-refractivity contribution in [1.82, 2.24) is 24.6 Å². The van der Waals surface area contributed by atoms with E-state index in [2.05, 4.69) is 36.3 Å². The van der Waals surface area contributed by atoms with E-state index in [1.54, 1.807) is 6.20 Å². The summed E-state index contributed by atoms with van der Waals surface area (Å²) in [7, 11) is 0. The maximum atomic E-state index is 7.12. The van der Waals surface area contributed by atoms with Crippen molar-refractivity contribution in [2.24, 2.45) is 5.92 Å². The first-order valence-corrected chi connectivity index (χ1v) is 11.0. The lowest BCUT2D eigenvalue weighted by atomic mass is 9.81. The third-order valence-electron chi connectivity index (χ3n) is 5.87. The quantitative estimate of drug-likeness (QED) is 0.429. The van der Waals surface area contributed by atoms with Crippen molar-refractivity contribution in [2.75, 3.05) is 11.9 Å². The summed E-state index contributed by atoms with van der Waals surface area (Å²) < 4.78 is 7.98. The van der Waals surface area contributed by atoms with E-state index in [4.69, 9.17) is 11.3 Å². The standard InChI is InChI=1S/C25H25N7O/c1-15-7-22(23(13-27-15)33-14-18-9-20(10-18)26-4)19-5-6-32-21(11-19)12-25(31-32)30-24-8-16(2)28-17(3)29-24/h5-8,11-13,18,20H,9-10,14H2,1-3H3,(H,28,29,30,31). The Morgan fingerprint density at radius 2 is 1.94 bits per heavy atom. The Morgan fingerprint density at radius 3 is 2.73 bits per heavy atom. The third-order valence-corrected chi connectivity index (χ3v) is 5.87. The SMILES string of the molecule is [C-]#[N+]C1CC(COc2cnc(C)cc2-c2ccn3nc(Nc4cc(C)nc(C)n4)cc3c2)C1. The second kappa shape index (κ2) is 8.51. The Labute approximate surface area is 192 Å². The Kier molecular flexibility index (Phi) is 5.38. The van der Waals surface area contributed by atoms with Gasteiger partial charge in [0.1, 0.15) is 17.4 Å². The molecule has 0 unspecified atom stereocenters. The summed E-state index contributed by atoms with van der Waals surface area (Å²) in [6.45, 7) is 13.5. The summed E-state index contributed by atoms with van der Waals surface area (Å²) in [4.78, 5) is 16.8. The van der Waals surface area contributed by atoms with Crippen molar-refractivity contribution >= 4 is 17.2 Å². The van der Waals surface area contributed by atoms with Crippen LogP contribution in [0.1, 0.15) is 30.1 Å². The summed E-state index contributed by atoms with van der Waals surface area (Å²) in [6.07, 6.45) is 5.57. The molecule has 1 N–H and O–H groups in total. The molecule has 0 spiro atoms. The first-order valence-electron chi connectivity index (χ1n) is 11.0. The van der Waals surface area contributed by atoms with Crippen molar-refractivity contribution in [1.29, 1.82) is 0 Å². The van der Waals surface area contributed by atoms with Gasteiger partial charge in [-0.05, 0) is 44.5 Å². The Bertz CT molecular complexity index is 1340. The van der Waals surface area contributed by atoms with Crippen molar-refractivity contribution in [2.45, 2.75) is 39.7 Å². The monoisotopic (exact) mass is 439 g/mol. The molecule has 0 aromatic carbocycles. The molecule has 4 heterocycles. The highest BCUT2D eigenvalue weighted by molar-refractivity contribution is 5.75. The molecule has 0 aliphatic heterocycles. The van der Waals surface area contributed by atoms with Crippen LogP contribution < -0.4 is 10.1 Å². The summed E-state index contributed by atoms with van der Waals surface area (Å²) in [5, 5.41) is 7.88. The molecule has 5 rings (SSSR count). The van der Waals surface area contributed by atoms with Gasteiger partial charge in [-0.25, -0.2) is 21.1 Å². The smallest absolute Gasteiger partial charge is 0.224 e. The van der Waals surface area contributed by atoms with E-state index in [0.29, 0.717) is 18.3 Å². The molecular weight excluding hydrogens is 414 g/mol. The van der Waals surface area contributed by atoms with Crippen molar-refractivity contribution < 1.29 is 4.74 Å². The highest BCUT2D eigenvalue weighted by Crippen LogP contribution is 2.34. The van der Waals surface area contributed by atoms with Crippen LogP contribution in [-0.2, 0) is 0 Å². The van der Waals surface area contributed by atoms with E-state index in [1.807, 2.05) is 55.7 Å². The number of nitrogens with zero attached hydrogens (tertiary/aromatic N) is 6. The lowest BCUT2D eigenvalue weighted by Crippen LogP contribution is -2.30. The van der Waals surface area contributed by atoms with Gasteiger partial charge in [0, 0.05) is 54.0 Å². The van der Waals surface area contributed by atoms with Crippen LogP contribution in [0, 0.1) is 33.3 Å². The van der Waals surface area contributed by atoms with Crippen LogP contribution in [0.25, 0.3) is 21.5 Å². The van der Waals surface area contributed by atoms with Crippen LogP contribution in [-0.4, -0.2) is 37.2 Å². The van der Waals surface area contributed by atoms with Crippen molar-refractivity contribution in [3.05, 3.63) is 71.4 Å². The number of nitrogens with one attached hydrogen (secondary N) is 1. The molecule has 1 saturated carbocycles. The molecule has 1 aliphatic rings. The fraction of sp³-hybridized carbons (Fsp3) is 0.320. The number of aromatic nitrogens is 5. The van der Waals surface area contributed by atoms with Crippen LogP contribution in [0.3, 0.4) is 0 Å². The van der Waals surface area contributed by atoms with E-state index in [9.17, 15) is 0 Å². The van der Waals surface area contributed by atoms with Crippen molar-refractivity contribution in [3.63, 3.8) is 0 Å². The largest absolute Gasteiger partial charge is 0.491 e. The fourth-order valence-electron chi connectivity index (χ4n) is 4.17. The zero-order chi connectivity index (χ0) is 22.9. The number of hydrogen-bond acceptors (Lipinski definition) is 6. The van der Waals surface area contributed by atoms with E-state index in [0.717, 1.165) is 58.3 Å². The highest BCUT2D eigenvalue weighted by atomic mass is 16.5. The molecule has 1 fully saturated rings. The molecule has 33 heavy (non-hydrogen) atoms. The van der Waals surface area contributed by atoms with Gasteiger partial charge in [-0.3, -0.25) is 4.98 Å². The van der Waals surface area contributed by atoms with Gasteiger partial charge in [0.15, 0.2) is 5.82 Å². The fourth-order valence-corrected chi connectivity index (χ4v) is 4.17. The van der Waals surface area contributed by atoms with E-state index in [-0.39, 0.29) is 6.04 Å². The maximum absolute atomic E-state index is 7.12. The molecule has 4 aromatic rings. The van der Waals surface area contributed by atoms with E-state index in [1.165, 1.54) is 0 Å². The predicted molar refractivity (Wildman–Crippen MR) is 127 cm³/mol. The number of aryl methyl sites for hydroxylation is 3. The zero-order valence-electron chi connectivity index (χ0n) is 18.9. The molecule has 8 nitrogen and oxygen atoms in total. The third kappa shape index (κ3) is 4.48. The van der Waals surface area contributed by atoms with Gasteiger partial charge < -0.3 is 14.9 Å². The first kappa shape index (κ1) is 20.9. The average molecular weight is 440 g/mol. The number of anilines is 2. The lowest BCUT2D eigenvalue weighted by molar-refractivity contribution is 0.173. The van der Waals surface area contributed by atoms with Gasteiger partial charge in [0.2, 0.25) is 6.04 Å². The molecule has 4 aromatic heterocycles. The average Bonchev–Trinajstić information content (AvgIpc) is 3.14. The molecule has 0 radical (unpaired) electrons. The number of fused-ring (bicyclic) bond motifs is 1. The summed E-state index contributed by atoms with van der Waals surface area (Å²) in [6, 6.07) is 10.2. The molecular formula is C25H25N7O. The van der Waals surface area contributed by atoms with Gasteiger partial charge >= 0.3 is 0 Å². The van der Waals surface area contributed by atoms with Crippen LogP contribution in [0.2, 0.25) is 0 Å². The summed E-state index contributed by atoms with van der Waals surface area (Å²) in [5.41, 5.74) is 4.83. The van der Waals surface area contributed by atoms with Crippen LogP contribution >= 0.6 is 0 Å². The van der Waals surface area contributed by atoms with E-state index >= 15 is 0 Å². The number of rotatable bonds is 6. The van der Waals surface area contributed by atoms with Crippen LogP contribution in [0.4, 0.5) is 11.6 Å². The Hall–Kier alpha value is -3.99. The predicted octanol–water partition coefficient (Wildman–Crippen LogP) is 4.93. The van der Waals surface area contributed by atoms with Gasteiger partial charge in [-0.2, -0.15) is 5.10 Å². The number of pyridine rings is 2. The van der Waals surface area contributed by atoms with E-state index < -0.39 is 0 Å². The number of ether oxygens (including phenoxy) is 1. The molecule has 0 atom stereocenters. The van der Waals surface area contributed by atoms with Crippen LogP contribution in [0.5, 0.6) is 5.75 Å². The molecule has 8 heteroatoms. The molecule has 1 aliphatic carbocycles. The minimum Gasteiger partial charge on any atom is -0.491 e. The molecule has 166 valence electrons. The maximum Gasteiger partial charge on any atom is 0.224 e. The molecule has 0 amide bonds. The number of hydrogen-bond donors (Lipinski definition) is 1. The topological polar surface area (TPSA) is 81.6 Å². The zero-order valence-corrected chi connectivity index (χ0v) is 18.9.